The molecule has 3 rings (SSSR count). The van der Waals surface area contributed by atoms with Gasteiger partial charge in [-0.2, -0.15) is 0 Å². The third kappa shape index (κ3) is 3.41. The molecule has 0 bridgehead atoms. The molecule has 0 aromatic heterocycles. The van der Waals surface area contributed by atoms with Crippen molar-refractivity contribution in [2.24, 2.45) is 22.7 Å². The second-order valence-corrected chi connectivity index (χ2v) is 6.42. The molecule has 2 saturated carbocycles. The van der Waals surface area contributed by atoms with Crippen LogP contribution in [0, 0.1) is 17.8 Å². The van der Waals surface area contributed by atoms with Crippen molar-refractivity contribution in [3.63, 3.8) is 0 Å². The zero-order valence-electron chi connectivity index (χ0n) is 12.0. The highest BCUT2D eigenvalue weighted by Crippen LogP contribution is 2.49. The molecule has 0 aromatic carbocycles. The molecule has 0 spiro atoms. The normalized spacial score (nSPS) is 28.3. The van der Waals surface area contributed by atoms with Gasteiger partial charge in [0, 0.05) is 26.2 Å². The number of hydrogen-bond acceptors (Lipinski definition) is 2. The summed E-state index contributed by atoms with van der Waals surface area (Å²) >= 11 is 0. The lowest BCUT2D eigenvalue weighted by molar-refractivity contribution is 0.187. The summed E-state index contributed by atoms with van der Waals surface area (Å²) in [5.74, 6) is 3.78. The predicted octanol–water partition coefficient (Wildman–Crippen LogP) is 1.45. The average molecular weight is 265 g/mol. The highest BCUT2D eigenvalue weighted by Gasteiger charge is 2.41. The fourth-order valence-corrected chi connectivity index (χ4v) is 3.28. The first kappa shape index (κ1) is 13.2. The van der Waals surface area contributed by atoms with E-state index in [-0.39, 0.29) is 6.10 Å². The first-order valence-corrected chi connectivity index (χ1v) is 7.99. The molecule has 0 amide bonds. The lowest BCUT2D eigenvalue weighted by atomic mass is 9.98. The third-order valence-corrected chi connectivity index (χ3v) is 4.70. The molecule has 3 fully saturated rings. The summed E-state index contributed by atoms with van der Waals surface area (Å²) in [5.41, 5.74) is 0. The van der Waals surface area contributed by atoms with E-state index in [1.165, 1.54) is 25.7 Å². The molecule has 1 aliphatic heterocycles. The molecule has 2 N–H and O–H groups in total. The van der Waals surface area contributed by atoms with Gasteiger partial charge >= 0.3 is 0 Å². The van der Waals surface area contributed by atoms with Gasteiger partial charge in [0.2, 0.25) is 0 Å². The zero-order chi connectivity index (χ0) is 13.2. The van der Waals surface area contributed by atoms with E-state index in [9.17, 15) is 5.11 Å². The van der Waals surface area contributed by atoms with Crippen molar-refractivity contribution in [1.29, 1.82) is 0 Å². The van der Waals surface area contributed by atoms with Gasteiger partial charge in [0.1, 0.15) is 0 Å². The quantitative estimate of drug-likeness (QED) is 0.584. The number of nitrogens with zero attached hydrogens (tertiary/aromatic N) is 2. The second kappa shape index (κ2) is 5.70. The summed E-state index contributed by atoms with van der Waals surface area (Å²) in [6.07, 6.45) is 6.40. The number of aliphatic imine (C=N–C) groups is 1. The van der Waals surface area contributed by atoms with E-state index in [4.69, 9.17) is 4.99 Å². The summed E-state index contributed by atoms with van der Waals surface area (Å²) < 4.78 is 0. The Hall–Kier alpha value is -0.770. The molecule has 108 valence electrons. The van der Waals surface area contributed by atoms with Crippen LogP contribution >= 0.6 is 0 Å². The molecule has 0 radical (unpaired) electrons. The Balaban J connectivity index is 1.59. The van der Waals surface area contributed by atoms with Gasteiger partial charge in [0.05, 0.1) is 6.10 Å². The lowest BCUT2D eigenvalue weighted by Gasteiger charge is -2.22. The Labute approximate surface area is 116 Å². The van der Waals surface area contributed by atoms with Crippen molar-refractivity contribution in [2.45, 2.75) is 45.1 Å². The van der Waals surface area contributed by atoms with E-state index in [1.54, 1.807) is 0 Å². The summed E-state index contributed by atoms with van der Waals surface area (Å²) in [4.78, 5) is 7.09. The molecule has 1 saturated heterocycles. The van der Waals surface area contributed by atoms with Crippen molar-refractivity contribution in [3.8, 4) is 0 Å². The van der Waals surface area contributed by atoms with Crippen molar-refractivity contribution >= 4 is 5.96 Å². The molecule has 0 aromatic rings. The third-order valence-electron chi connectivity index (χ3n) is 4.70. The molecular weight excluding hydrogens is 238 g/mol. The van der Waals surface area contributed by atoms with Crippen LogP contribution in [-0.4, -0.2) is 48.2 Å². The number of aliphatic hydroxyl groups excluding tert-OH is 1. The van der Waals surface area contributed by atoms with Gasteiger partial charge in [0.25, 0.3) is 0 Å². The predicted molar refractivity (Wildman–Crippen MR) is 77.1 cm³/mol. The Morgan fingerprint density at radius 2 is 1.95 bits per heavy atom. The fraction of sp³-hybridized carbons (Fsp3) is 0.933. The molecule has 2 aliphatic carbocycles. The van der Waals surface area contributed by atoms with E-state index in [0.29, 0.717) is 0 Å². The molecule has 3 aliphatic rings. The Kier molecular flexibility index (Phi) is 3.96. The smallest absolute Gasteiger partial charge is 0.194 e. The maximum Gasteiger partial charge on any atom is 0.194 e. The number of aliphatic hydroxyl groups is 1. The van der Waals surface area contributed by atoms with Crippen LogP contribution in [0.4, 0.5) is 0 Å². The number of likely N-dealkylation sites (tertiary alicyclic amines) is 1. The maximum absolute atomic E-state index is 9.67. The van der Waals surface area contributed by atoms with Crippen LogP contribution in [0.25, 0.3) is 0 Å². The van der Waals surface area contributed by atoms with Gasteiger partial charge in [-0.3, -0.25) is 4.99 Å². The largest absolute Gasteiger partial charge is 0.391 e. The van der Waals surface area contributed by atoms with Gasteiger partial charge in [0.15, 0.2) is 5.96 Å². The standard InChI is InChI=1S/C15H27N3O/c1-2-16-15(18-8-7-13(19)10-18)17-9-14(11-3-4-11)12-5-6-12/h11-14,19H,2-10H2,1H3,(H,16,17)/t13-/m1/s1. The SMILES string of the molecule is CCNC(=NCC(C1CC1)C1CC1)N1CC[C@@H](O)C1. The summed E-state index contributed by atoms with van der Waals surface area (Å²) in [5, 5.41) is 13.1. The molecule has 0 unspecified atom stereocenters. The first-order valence-electron chi connectivity index (χ1n) is 7.99. The Morgan fingerprint density at radius 3 is 2.42 bits per heavy atom. The Bertz CT molecular complexity index is 324. The van der Waals surface area contributed by atoms with Gasteiger partial charge in [-0.1, -0.05) is 0 Å². The van der Waals surface area contributed by atoms with Crippen LogP contribution in [0.1, 0.15) is 39.0 Å². The zero-order valence-corrected chi connectivity index (χ0v) is 12.0. The van der Waals surface area contributed by atoms with Crippen molar-refractivity contribution < 1.29 is 5.11 Å². The van der Waals surface area contributed by atoms with Crippen molar-refractivity contribution in [2.75, 3.05) is 26.2 Å². The fourth-order valence-electron chi connectivity index (χ4n) is 3.28. The summed E-state index contributed by atoms with van der Waals surface area (Å²) in [6, 6.07) is 0. The highest BCUT2D eigenvalue weighted by molar-refractivity contribution is 5.80. The second-order valence-electron chi connectivity index (χ2n) is 6.42. The summed E-state index contributed by atoms with van der Waals surface area (Å²) in [7, 11) is 0. The maximum atomic E-state index is 9.67. The Morgan fingerprint density at radius 1 is 1.26 bits per heavy atom. The number of β-amino-alcohol motifs (C(OH)–C–C–N with tert-alkyl or cyclic N) is 1. The monoisotopic (exact) mass is 265 g/mol. The van der Waals surface area contributed by atoms with Gasteiger partial charge in [-0.05, 0) is 56.8 Å². The lowest BCUT2D eigenvalue weighted by Crippen LogP contribution is -2.40. The first-order chi connectivity index (χ1) is 9.28. The molecule has 4 heteroatoms. The van der Waals surface area contributed by atoms with Crippen LogP contribution in [-0.2, 0) is 0 Å². The van der Waals surface area contributed by atoms with Crippen molar-refractivity contribution in [3.05, 3.63) is 0 Å². The van der Waals surface area contributed by atoms with Crippen LogP contribution in [0.15, 0.2) is 4.99 Å². The number of hydrogen-bond donors (Lipinski definition) is 2. The topological polar surface area (TPSA) is 47.9 Å². The van der Waals surface area contributed by atoms with Crippen LogP contribution in [0.2, 0.25) is 0 Å². The molecule has 4 nitrogen and oxygen atoms in total. The van der Waals surface area contributed by atoms with Gasteiger partial charge in [-0.25, -0.2) is 0 Å². The van der Waals surface area contributed by atoms with E-state index in [0.717, 1.165) is 56.3 Å². The highest BCUT2D eigenvalue weighted by atomic mass is 16.3. The molecule has 19 heavy (non-hydrogen) atoms. The van der Waals surface area contributed by atoms with Crippen LogP contribution in [0.5, 0.6) is 0 Å². The molecule has 1 heterocycles. The minimum absolute atomic E-state index is 0.175. The molecule has 1 atom stereocenters. The van der Waals surface area contributed by atoms with Gasteiger partial charge < -0.3 is 15.3 Å². The average Bonchev–Trinajstić information content (AvgIpc) is 3.29. The number of guanidine groups is 1. The van der Waals surface area contributed by atoms with E-state index < -0.39 is 0 Å². The van der Waals surface area contributed by atoms with Gasteiger partial charge in [-0.15, -0.1) is 0 Å². The van der Waals surface area contributed by atoms with Crippen LogP contribution < -0.4 is 5.32 Å². The van der Waals surface area contributed by atoms with E-state index in [1.807, 2.05) is 0 Å². The number of nitrogens with one attached hydrogen (secondary N) is 1. The van der Waals surface area contributed by atoms with Crippen LogP contribution in [0.3, 0.4) is 0 Å². The minimum atomic E-state index is -0.175. The molecular formula is C15H27N3O. The number of rotatable bonds is 5. The summed E-state index contributed by atoms with van der Waals surface area (Å²) in [6.45, 7) is 5.68. The van der Waals surface area contributed by atoms with E-state index in [2.05, 4.69) is 17.1 Å². The minimum Gasteiger partial charge on any atom is -0.391 e. The van der Waals surface area contributed by atoms with Crippen molar-refractivity contribution in [1.82, 2.24) is 10.2 Å². The van der Waals surface area contributed by atoms with E-state index >= 15 is 0 Å².